The number of carbonyl (C=O) groups is 2. The molecule has 1 aromatic heterocycles. The molecule has 0 fully saturated rings. The first kappa shape index (κ1) is 34.0. The minimum absolute atomic E-state index is 0.107. The number of amides is 2. The lowest BCUT2D eigenvalue weighted by molar-refractivity contribution is -0.120. The van der Waals surface area contributed by atoms with E-state index in [9.17, 15) is 14.4 Å². The van der Waals surface area contributed by atoms with E-state index in [2.05, 4.69) is 26.0 Å². The molecule has 2 amide bonds. The smallest absolute Gasteiger partial charge is 0.247 e. The van der Waals surface area contributed by atoms with E-state index in [1.165, 1.54) is 13.3 Å². The summed E-state index contributed by atoms with van der Waals surface area (Å²) in [5.41, 5.74) is 4.62. The molecule has 0 saturated carbocycles. The van der Waals surface area contributed by atoms with Crippen molar-refractivity contribution in [2.75, 3.05) is 32.0 Å². The minimum Gasteiger partial charge on any atom is -0.493 e. The number of fused-ring (bicyclic) bond motifs is 3. The molecule has 0 unspecified atom stereocenters. The van der Waals surface area contributed by atoms with Crippen LogP contribution in [-0.2, 0) is 22.6 Å². The Hall–Kier alpha value is -5.39. The van der Waals surface area contributed by atoms with Crippen molar-refractivity contribution in [1.82, 2.24) is 20.1 Å². The number of rotatable bonds is 12. The number of ether oxygens (including phenoxy) is 3. The van der Waals surface area contributed by atoms with E-state index in [4.69, 9.17) is 14.2 Å². The summed E-state index contributed by atoms with van der Waals surface area (Å²) in [6.45, 7) is 5.98. The van der Waals surface area contributed by atoms with Crippen LogP contribution < -0.4 is 35.6 Å². The molecule has 1 heterocycles. The summed E-state index contributed by atoms with van der Waals surface area (Å²) in [4.78, 5) is 43.9. The van der Waals surface area contributed by atoms with Gasteiger partial charge in [0.1, 0.15) is 18.7 Å². The number of aryl methyl sites for hydroxylation is 1. The van der Waals surface area contributed by atoms with Crippen LogP contribution in [0.5, 0.6) is 17.2 Å². The van der Waals surface area contributed by atoms with Crippen LogP contribution in [0.1, 0.15) is 56.3 Å². The first-order valence-corrected chi connectivity index (χ1v) is 15.9. The second-order valence-corrected chi connectivity index (χ2v) is 11.9. The molecule has 0 bridgehead atoms. The summed E-state index contributed by atoms with van der Waals surface area (Å²) < 4.78 is 18.9. The predicted molar refractivity (Wildman–Crippen MR) is 184 cm³/mol. The number of nitrogens with zero attached hydrogens (tertiary/aromatic N) is 3. The lowest BCUT2D eigenvalue weighted by Crippen LogP contribution is -2.40. The van der Waals surface area contributed by atoms with Crippen molar-refractivity contribution in [3.63, 3.8) is 0 Å². The zero-order chi connectivity index (χ0) is 34.4. The highest BCUT2D eigenvalue weighted by atomic mass is 16.5. The molecule has 4 aromatic rings. The van der Waals surface area contributed by atoms with E-state index in [0.717, 1.165) is 16.7 Å². The van der Waals surface area contributed by atoms with Crippen molar-refractivity contribution in [2.45, 2.75) is 58.7 Å². The van der Waals surface area contributed by atoms with Crippen LogP contribution in [0.3, 0.4) is 0 Å². The number of benzene rings is 2. The van der Waals surface area contributed by atoms with Crippen molar-refractivity contribution in [2.24, 2.45) is 5.92 Å². The van der Waals surface area contributed by atoms with Crippen LogP contribution in [0, 0.1) is 5.92 Å². The molecule has 1 aliphatic carbocycles. The molecule has 0 spiro atoms. The highest BCUT2D eigenvalue weighted by Crippen LogP contribution is 2.50. The normalized spacial score (nSPS) is 14.8. The molecular weight excluding hydrogens is 612 g/mol. The molecule has 1 aliphatic rings. The number of anilines is 2. The molecule has 0 aliphatic heterocycles. The molecule has 3 N–H and O–H groups in total. The van der Waals surface area contributed by atoms with Gasteiger partial charge in [0.2, 0.25) is 23.0 Å². The Morgan fingerprint density at radius 3 is 2.40 bits per heavy atom. The number of aromatic nitrogens is 3. The molecule has 3 aromatic carbocycles. The average molecular weight is 655 g/mol. The van der Waals surface area contributed by atoms with Crippen LogP contribution in [0.4, 0.5) is 11.4 Å². The number of nitrogens with one attached hydrogen (secondary N) is 3. The number of hydrogen-bond acceptors (Lipinski definition) is 9. The van der Waals surface area contributed by atoms with Crippen LogP contribution in [0.25, 0.3) is 11.1 Å². The van der Waals surface area contributed by atoms with Crippen molar-refractivity contribution < 1.29 is 23.8 Å². The summed E-state index contributed by atoms with van der Waals surface area (Å²) in [6, 6.07) is 13.4. The average Bonchev–Trinajstić information content (AvgIpc) is 3.49. The van der Waals surface area contributed by atoms with E-state index in [-0.39, 0.29) is 28.8 Å². The van der Waals surface area contributed by atoms with E-state index in [0.29, 0.717) is 59.9 Å². The van der Waals surface area contributed by atoms with Gasteiger partial charge in [-0.2, -0.15) is 5.10 Å². The standard InChI is InChI=1S/C36H42N6O6/c1-7-21(2)33(36(45)40-25-11-8-23(9-12-25)18-42-20-37-19-38-42)41-29-15-13-26-27(17-30(29)44)28(39-22(3)43)14-10-24-16-31(46-4)34(47-5)35(48-6)32(24)26/h8-9,11-13,15-17,19-21,28,33H,7,10,14,18H2,1-6H3,(H,39,43)(H,40,45)(H,41,44)/t21-,28+,33+/m1/s1. The highest BCUT2D eigenvalue weighted by Gasteiger charge is 2.30. The van der Waals surface area contributed by atoms with Gasteiger partial charge in [-0.05, 0) is 71.3 Å². The molecule has 12 nitrogen and oxygen atoms in total. The van der Waals surface area contributed by atoms with Gasteiger partial charge in [-0.15, -0.1) is 0 Å². The van der Waals surface area contributed by atoms with Crippen LogP contribution in [-0.4, -0.2) is 54.0 Å². The van der Waals surface area contributed by atoms with Gasteiger partial charge < -0.3 is 30.2 Å². The second-order valence-electron chi connectivity index (χ2n) is 11.9. The van der Waals surface area contributed by atoms with Gasteiger partial charge >= 0.3 is 0 Å². The quantitative estimate of drug-likeness (QED) is 0.193. The predicted octanol–water partition coefficient (Wildman–Crippen LogP) is 4.97. The molecular formula is C36H42N6O6. The third-order valence-corrected chi connectivity index (χ3v) is 8.76. The summed E-state index contributed by atoms with van der Waals surface area (Å²) >= 11 is 0. The molecule has 252 valence electrons. The van der Waals surface area contributed by atoms with Gasteiger partial charge in [0.25, 0.3) is 0 Å². The van der Waals surface area contributed by atoms with Crippen LogP contribution in [0.15, 0.2) is 66.0 Å². The molecule has 48 heavy (non-hydrogen) atoms. The maximum absolute atomic E-state index is 13.9. The van der Waals surface area contributed by atoms with Crippen LogP contribution >= 0.6 is 0 Å². The SMILES string of the molecule is CC[C@@H](C)[C@H](Nc1ccc2c(cc1=O)[C@@H](NC(C)=O)CCc1cc(OC)c(OC)c(OC)c1-2)C(=O)Nc1ccc(Cn2cncn2)cc1. The summed E-state index contributed by atoms with van der Waals surface area (Å²) in [5.74, 6) is 0.830. The summed E-state index contributed by atoms with van der Waals surface area (Å²) in [5, 5.41) is 13.4. The van der Waals surface area contributed by atoms with E-state index >= 15 is 0 Å². The monoisotopic (exact) mass is 654 g/mol. The third kappa shape index (κ3) is 7.27. The first-order chi connectivity index (χ1) is 23.2. The number of methoxy groups -OCH3 is 3. The number of carbonyl (C=O) groups excluding carboxylic acids is 2. The fourth-order valence-electron chi connectivity index (χ4n) is 6.11. The van der Waals surface area contributed by atoms with E-state index < -0.39 is 12.1 Å². The van der Waals surface area contributed by atoms with E-state index in [1.54, 1.807) is 44.5 Å². The Balaban J connectivity index is 1.52. The highest BCUT2D eigenvalue weighted by molar-refractivity contribution is 5.97. The van der Waals surface area contributed by atoms with Crippen molar-refractivity contribution in [1.29, 1.82) is 0 Å². The molecule has 0 saturated heterocycles. The Bertz CT molecular complexity index is 1830. The third-order valence-electron chi connectivity index (χ3n) is 8.76. The van der Waals surface area contributed by atoms with Crippen LogP contribution in [0.2, 0.25) is 0 Å². The fourth-order valence-corrected chi connectivity index (χ4v) is 6.11. The van der Waals surface area contributed by atoms with Gasteiger partial charge in [-0.3, -0.25) is 14.4 Å². The largest absolute Gasteiger partial charge is 0.493 e. The zero-order valence-corrected chi connectivity index (χ0v) is 28.1. The Morgan fingerprint density at radius 1 is 1.02 bits per heavy atom. The lowest BCUT2D eigenvalue weighted by Gasteiger charge is -2.24. The number of hydrogen-bond donors (Lipinski definition) is 3. The Morgan fingerprint density at radius 2 is 1.77 bits per heavy atom. The first-order valence-electron chi connectivity index (χ1n) is 15.9. The zero-order valence-electron chi connectivity index (χ0n) is 28.1. The Labute approximate surface area is 279 Å². The fraction of sp³-hybridized carbons (Fsp3) is 0.361. The van der Waals surface area contributed by atoms with Gasteiger partial charge in [0.05, 0.1) is 39.6 Å². The Kier molecular flexibility index (Phi) is 10.6. The molecule has 5 rings (SSSR count). The van der Waals surface area contributed by atoms with Crippen molar-refractivity contribution in [3.8, 4) is 28.4 Å². The van der Waals surface area contributed by atoms with Gasteiger partial charge in [0, 0.05) is 18.2 Å². The topological polar surface area (TPSA) is 146 Å². The summed E-state index contributed by atoms with van der Waals surface area (Å²) in [7, 11) is 4.67. The molecule has 12 heteroatoms. The van der Waals surface area contributed by atoms with Gasteiger partial charge in [-0.1, -0.05) is 38.5 Å². The van der Waals surface area contributed by atoms with E-state index in [1.807, 2.05) is 50.2 Å². The lowest BCUT2D eigenvalue weighted by atomic mass is 9.95. The van der Waals surface area contributed by atoms with Crippen molar-refractivity contribution in [3.05, 3.63) is 88.1 Å². The van der Waals surface area contributed by atoms with Gasteiger partial charge in [0.15, 0.2) is 11.5 Å². The van der Waals surface area contributed by atoms with Crippen molar-refractivity contribution >= 4 is 23.2 Å². The van der Waals surface area contributed by atoms with Gasteiger partial charge in [-0.25, -0.2) is 9.67 Å². The maximum Gasteiger partial charge on any atom is 0.247 e. The second kappa shape index (κ2) is 15.0. The maximum atomic E-state index is 13.9. The summed E-state index contributed by atoms with van der Waals surface area (Å²) in [6.07, 6.45) is 4.96. The molecule has 0 radical (unpaired) electrons. The molecule has 3 atom stereocenters. The minimum atomic E-state index is -0.711.